The Morgan fingerprint density at radius 1 is 1.26 bits per heavy atom. The van der Waals surface area contributed by atoms with Crippen molar-refractivity contribution in [3.05, 3.63) is 36.4 Å². The first kappa shape index (κ1) is 12.1. The van der Waals surface area contributed by atoms with Gasteiger partial charge in [0, 0.05) is 43.4 Å². The average molecular weight is 257 g/mol. The molecule has 0 aliphatic carbocycles. The zero-order valence-corrected chi connectivity index (χ0v) is 11.2. The molecule has 0 atom stereocenters. The lowest BCUT2D eigenvalue weighted by atomic mass is 9.96. The first-order valence-corrected chi connectivity index (χ1v) is 6.83. The highest BCUT2D eigenvalue weighted by atomic mass is 15.4. The van der Waals surface area contributed by atoms with Crippen molar-refractivity contribution in [3.8, 4) is 0 Å². The van der Waals surface area contributed by atoms with E-state index in [0.717, 1.165) is 25.3 Å². The van der Waals surface area contributed by atoms with Crippen molar-refractivity contribution in [2.75, 3.05) is 18.0 Å². The Balaban J connectivity index is 1.57. The molecule has 19 heavy (non-hydrogen) atoms. The highest BCUT2D eigenvalue weighted by molar-refractivity contribution is 5.46. The maximum absolute atomic E-state index is 4.25. The molecule has 2 aromatic heterocycles. The molecule has 1 aliphatic rings. The van der Waals surface area contributed by atoms with Crippen LogP contribution in [0.5, 0.6) is 0 Å². The van der Waals surface area contributed by atoms with Crippen molar-refractivity contribution in [2.45, 2.75) is 26.3 Å². The van der Waals surface area contributed by atoms with Crippen LogP contribution in [-0.2, 0) is 6.54 Å². The summed E-state index contributed by atoms with van der Waals surface area (Å²) in [5.74, 6) is 0.709. The van der Waals surface area contributed by atoms with Crippen molar-refractivity contribution in [1.82, 2.24) is 20.0 Å². The summed E-state index contributed by atoms with van der Waals surface area (Å²) in [6, 6.07) is 4.27. The standard InChI is InChI=1S/C14H19N5/c1-12-10-14(2-5-15-12)18-7-3-13(4-8-18)11-19-9-6-16-17-19/h2,5-6,9-10,13H,3-4,7-8,11H2,1H3. The van der Waals surface area contributed by atoms with Crippen molar-refractivity contribution >= 4 is 5.69 Å². The van der Waals surface area contributed by atoms with E-state index in [2.05, 4.69) is 32.3 Å². The molecule has 1 saturated heterocycles. The molecule has 0 bridgehead atoms. The van der Waals surface area contributed by atoms with Gasteiger partial charge in [-0.15, -0.1) is 5.10 Å². The molecule has 5 nitrogen and oxygen atoms in total. The number of rotatable bonds is 3. The number of aromatic nitrogens is 4. The van der Waals surface area contributed by atoms with Crippen LogP contribution >= 0.6 is 0 Å². The molecule has 1 aliphatic heterocycles. The zero-order valence-electron chi connectivity index (χ0n) is 11.2. The van der Waals surface area contributed by atoms with Gasteiger partial charge in [0.2, 0.25) is 0 Å². The lowest BCUT2D eigenvalue weighted by molar-refractivity contribution is 0.339. The van der Waals surface area contributed by atoms with Gasteiger partial charge in [-0.2, -0.15) is 0 Å². The molecule has 0 radical (unpaired) electrons. The predicted molar refractivity (Wildman–Crippen MR) is 73.9 cm³/mol. The quantitative estimate of drug-likeness (QED) is 0.842. The normalized spacial score (nSPS) is 16.8. The minimum absolute atomic E-state index is 0.709. The molecular weight excluding hydrogens is 238 g/mol. The molecule has 5 heteroatoms. The van der Waals surface area contributed by atoms with Crippen LogP contribution in [0, 0.1) is 12.8 Å². The molecule has 2 aromatic rings. The summed E-state index contributed by atoms with van der Waals surface area (Å²) in [5, 5.41) is 7.90. The summed E-state index contributed by atoms with van der Waals surface area (Å²) in [4.78, 5) is 6.71. The highest BCUT2D eigenvalue weighted by Crippen LogP contribution is 2.24. The van der Waals surface area contributed by atoms with Gasteiger partial charge in [-0.25, -0.2) is 0 Å². The maximum atomic E-state index is 4.25. The maximum Gasteiger partial charge on any atom is 0.0692 e. The van der Waals surface area contributed by atoms with E-state index in [0.29, 0.717) is 5.92 Å². The molecule has 0 saturated carbocycles. The SMILES string of the molecule is Cc1cc(N2CCC(Cn3ccnn3)CC2)ccn1. The van der Waals surface area contributed by atoms with E-state index in [1.165, 1.54) is 18.5 Å². The van der Waals surface area contributed by atoms with Gasteiger partial charge >= 0.3 is 0 Å². The van der Waals surface area contributed by atoms with Crippen LogP contribution in [0.15, 0.2) is 30.7 Å². The van der Waals surface area contributed by atoms with Gasteiger partial charge in [-0.05, 0) is 37.8 Å². The molecule has 0 N–H and O–H groups in total. The first-order chi connectivity index (χ1) is 9.31. The van der Waals surface area contributed by atoms with Gasteiger partial charge in [0.15, 0.2) is 0 Å². The van der Waals surface area contributed by atoms with E-state index in [1.54, 1.807) is 6.20 Å². The minimum Gasteiger partial charge on any atom is -0.371 e. The summed E-state index contributed by atoms with van der Waals surface area (Å²) in [7, 11) is 0. The van der Waals surface area contributed by atoms with Crippen LogP contribution in [0.3, 0.4) is 0 Å². The van der Waals surface area contributed by atoms with Crippen LogP contribution in [0.25, 0.3) is 0 Å². The predicted octanol–water partition coefficient (Wildman–Crippen LogP) is 1.90. The summed E-state index contributed by atoms with van der Waals surface area (Å²) < 4.78 is 1.94. The Bertz CT molecular complexity index is 514. The fourth-order valence-corrected chi connectivity index (χ4v) is 2.70. The number of piperidine rings is 1. The molecule has 0 spiro atoms. The van der Waals surface area contributed by atoms with Crippen molar-refractivity contribution in [3.63, 3.8) is 0 Å². The van der Waals surface area contributed by atoms with Gasteiger partial charge < -0.3 is 4.90 Å². The molecule has 1 fully saturated rings. The molecular formula is C14H19N5. The van der Waals surface area contributed by atoms with Gasteiger partial charge in [-0.1, -0.05) is 5.21 Å². The largest absolute Gasteiger partial charge is 0.371 e. The van der Waals surface area contributed by atoms with Crippen LogP contribution < -0.4 is 4.90 Å². The first-order valence-electron chi connectivity index (χ1n) is 6.83. The molecule has 0 aromatic carbocycles. The molecule has 3 rings (SSSR count). The van der Waals surface area contributed by atoms with Gasteiger partial charge in [0.25, 0.3) is 0 Å². The lowest BCUT2D eigenvalue weighted by Gasteiger charge is -2.33. The monoisotopic (exact) mass is 257 g/mol. The number of nitrogens with zero attached hydrogens (tertiary/aromatic N) is 5. The molecule has 3 heterocycles. The summed E-state index contributed by atoms with van der Waals surface area (Å²) >= 11 is 0. The van der Waals surface area contributed by atoms with Crippen molar-refractivity contribution < 1.29 is 0 Å². The van der Waals surface area contributed by atoms with E-state index in [9.17, 15) is 0 Å². The second kappa shape index (κ2) is 5.38. The molecule has 100 valence electrons. The smallest absolute Gasteiger partial charge is 0.0692 e. The van der Waals surface area contributed by atoms with E-state index in [1.807, 2.05) is 24.0 Å². The molecule has 0 amide bonds. The summed E-state index contributed by atoms with van der Waals surface area (Å²) in [5.41, 5.74) is 2.38. The topological polar surface area (TPSA) is 46.8 Å². The van der Waals surface area contributed by atoms with Crippen molar-refractivity contribution in [1.29, 1.82) is 0 Å². The fraction of sp³-hybridized carbons (Fsp3) is 0.500. The van der Waals surface area contributed by atoms with Crippen LogP contribution in [0.4, 0.5) is 5.69 Å². The Morgan fingerprint density at radius 3 is 2.79 bits per heavy atom. The van der Waals surface area contributed by atoms with Gasteiger partial charge in [-0.3, -0.25) is 9.67 Å². The van der Waals surface area contributed by atoms with Crippen LogP contribution in [0.1, 0.15) is 18.5 Å². The Labute approximate surface area is 113 Å². The number of aryl methyl sites for hydroxylation is 1. The van der Waals surface area contributed by atoms with Gasteiger partial charge in [0.1, 0.15) is 0 Å². The van der Waals surface area contributed by atoms with Crippen molar-refractivity contribution in [2.24, 2.45) is 5.92 Å². The van der Waals surface area contributed by atoms with Crippen LogP contribution in [-0.4, -0.2) is 33.1 Å². The third-order valence-electron chi connectivity index (χ3n) is 3.78. The highest BCUT2D eigenvalue weighted by Gasteiger charge is 2.20. The second-order valence-electron chi connectivity index (χ2n) is 5.21. The summed E-state index contributed by atoms with van der Waals surface area (Å²) in [6.07, 6.45) is 8.00. The van der Waals surface area contributed by atoms with E-state index in [4.69, 9.17) is 0 Å². The van der Waals surface area contributed by atoms with E-state index < -0.39 is 0 Å². The number of anilines is 1. The second-order valence-corrected chi connectivity index (χ2v) is 5.21. The average Bonchev–Trinajstić information content (AvgIpc) is 2.92. The zero-order chi connectivity index (χ0) is 13.1. The Hall–Kier alpha value is -1.91. The van der Waals surface area contributed by atoms with E-state index >= 15 is 0 Å². The molecule has 0 unspecified atom stereocenters. The van der Waals surface area contributed by atoms with Crippen LogP contribution in [0.2, 0.25) is 0 Å². The number of pyridine rings is 1. The number of hydrogen-bond donors (Lipinski definition) is 0. The van der Waals surface area contributed by atoms with E-state index in [-0.39, 0.29) is 0 Å². The lowest BCUT2D eigenvalue weighted by Crippen LogP contribution is -2.35. The Morgan fingerprint density at radius 2 is 2.11 bits per heavy atom. The fourth-order valence-electron chi connectivity index (χ4n) is 2.70. The minimum atomic E-state index is 0.709. The number of hydrogen-bond acceptors (Lipinski definition) is 4. The third-order valence-corrected chi connectivity index (χ3v) is 3.78. The van der Waals surface area contributed by atoms with Gasteiger partial charge in [0.05, 0.1) is 6.20 Å². The Kier molecular flexibility index (Phi) is 3.44. The third kappa shape index (κ3) is 2.92. The summed E-state index contributed by atoms with van der Waals surface area (Å²) in [6.45, 7) is 5.26.